The minimum Gasteiger partial charge on any atom is -0.496 e. The summed E-state index contributed by atoms with van der Waals surface area (Å²) in [7, 11) is 1.59. The van der Waals surface area contributed by atoms with Crippen molar-refractivity contribution in [2.75, 3.05) is 13.7 Å². The lowest BCUT2D eigenvalue weighted by Gasteiger charge is -2.14. The summed E-state index contributed by atoms with van der Waals surface area (Å²) in [6, 6.07) is 19.6. The van der Waals surface area contributed by atoms with Crippen molar-refractivity contribution in [2.45, 2.75) is 12.6 Å². The number of carbonyl (C=O) groups is 1. The molecule has 0 aliphatic carbocycles. The Morgan fingerprint density at radius 3 is 2.59 bits per heavy atom. The van der Waals surface area contributed by atoms with Crippen LogP contribution in [0.4, 0.5) is 13.2 Å². The van der Waals surface area contributed by atoms with Gasteiger partial charge in [-0.3, -0.25) is 9.36 Å². The van der Waals surface area contributed by atoms with Crippen LogP contribution in [0.1, 0.15) is 21.6 Å². The van der Waals surface area contributed by atoms with Crippen LogP contribution in [0.3, 0.4) is 0 Å². The maximum absolute atomic E-state index is 13.5. The van der Waals surface area contributed by atoms with E-state index in [1.54, 1.807) is 42.0 Å². The smallest absolute Gasteiger partial charge is 0.417 e. The number of carbonyl (C=O) groups excluding carboxylic acids is 1. The number of benzene rings is 3. The zero-order valence-electron chi connectivity index (χ0n) is 18.3. The number of alkyl halides is 3. The molecule has 4 rings (SSSR count). The number of aromatic nitrogens is 2. The van der Waals surface area contributed by atoms with Crippen LogP contribution in [0, 0.1) is 0 Å². The van der Waals surface area contributed by atoms with Crippen LogP contribution in [0.2, 0.25) is 0 Å². The summed E-state index contributed by atoms with van der Waals surface area (Å²) in [5.41, 5.74) is 1.52. The van der Waals surface area contributed by atoms with Gasteiger partial charge in [0, 0.05) is 12.2 Å². The van der Waals surface area contributed by atoms with E-state index >= 15 is 0 Å². The van der Waals surface area contributed by atoms with Gasteiger partial charge < -0.3 is 10.1 Å². The Labute approximate surface area is 194 Å². The van der Waals surface area contributed by atoms with Crippen molar-refractivity contribution in [1.29, 1.82) is 0 Å². The van der Waals surface area contributed by atoms with Crippen LogP contribution in [-0.4, -0.2) is 29.1 Å². The molecule has 1 aromatic heterocycles. The van der Waals surface area contributed by atoms with Crippen LogP contribution in [0.15, 0.2) is 85.3 Å². The molecule has 0 radical (unpaired) electrons. The van der Waals surface area contributed by atoms with Gasteiger partial charge in [0.05, 0.1) is 25.2 Å². The lowest BCUT2D eigenvalue weighted by atomic mass is 9.99. The number of amides is 1. The molecule has 0 aliphatic heterocycles. The first-order valence-electron chi connectivity index (χ1n) is 10.6. The molecule has 0 spiro atoms. The highest BCUT2D eigenvalue weighted by molar-refractivity contribution is 5.93. The van der Waals surface area contributed by atoms with Crippen molar-refractivity contribution in [2.24, 2.45) is 0 Å². The molecule has 8 heteroatoms. The Balaban J connectivity index is 1.55. The van der Waals surface area contributed by atoms with Crippen LogP contribution >= 0.6 is 0 Å². The Hall–Kier alpha value is -4.07. The van der Waals surface area contributed by atoms with E-state index in [2.05, 4.69) is 10.3 Å². The van der Waals surface area contributed by atoms with Gasteiger partial charge in [-0.1, -0.05) is 48.5 Å². The summed E-state index contributed by atoms with van der Waals surface area (Å²) in [5, 5.41) is 2.87. The van der Waals surface area contributed by atoms with Crippen molar-refractivity contribution >= 4 is 5.91 Å². The third kappa shape index (κ3) is 4.96. The number of hydrogen-bond acceptors (Lipinski definition) is 3. The Morgan fingerprint density at radius 1 is 1.03 bits per heavy atom. The molecule has 4 aromatic rings. The van der Waals surface area contributed by atoms with Gasteiger partial charge in [0.25, 0.3) is 5.91 Å². The molecule has 0 aliphatic rings. The summed E-state index contributed by atoms with van der Waals surface area (Å²) in [5.74, 6) is 0.409. The summed E-state index contributed by atoms with van der Waals surface area (Å²) in [6.45, 7) is 0.378. The molecule has 0 saturated carbocycles. The fourth-order valence-corrected chi connectivity index (χ4v) is 3.78. The van der Waals surface area contributed by atoms with E-state index < -0.39 is 11.7 Å². The molecular formula is C26H22F3N3O2. The average Bonchev–Trinajstić information content (AvgIpc) is 3.34. The highest BCUT2D eigenvalue weighted by Crippen LogP contribution is 2.37. The summed E-state index contributed by atoms with van der Waals surface area (Å²) in [4.78, 5) is 16.9. The number of ether oxygens (including phenoxy) is 1. The monoisotopic (exact) mass is 465 g/mol. The first-order chi connectivity index (χ1) is 16.4. The van der Waals surface area contributed by atoms with Gasteiger partial charge in [0.15, 0.2) is 0 Å². The maximum atomic E-state index is 13.5. The highest BCUT2D eigenvalue weighted by atomic mass is 19.4. The van der Waals surface area contributed by atoms with Crippen molar-refractivity contribution < 1.29 is 22.7 Å². The van der Waals surface area contributed by atoms with E-state index in [0.29, 0.717) is 24.2 Å². The topological polar surface area (TPSA) is 56.1 Å². The molecule has 1 heterocycles. The predicted octanol–water partition coefficient (Wildman–Crippen LogP) is 5.54. The Bertz CT molecular complexity index is 1300. The van der Waals surface area contributed by atoms with Gasteiger partial charge in [0.2, 0.25) is 0 Å². The minimum atomic E-state index is -4.48. The van der Waals surface area contributed by atoms with E-state index in [9.17, 15) is 18.0 Å². The van der Waals surface area contributed by atoms with Gasteiger partial charge in [-0.25, -0.2) is 4.98 Å². The molecule has 0 unspecified atom stereocenters. The molecule has 0 bridgehead atoms. The molecule has 0 saturated heterocycles. The standard InChI is InChI=1S/C26H22F3N3O2/c1-34-24-12-5-2-7-18(24)13-14-31-25(33)23-16-30-17-32(23)20-9-6-8-19(15-20)21-10-3-4-11-22(21)26(27,28)29/h2-12,15-17H,13-14H2,1H3,(H,31,33). The van der Waals surface area contributed by atoms with Crippen LogP contribution in [-0.2, 0) is 12.6 Å². The van der Waals surface area contributed by atoms with E-state index in [1.165, 1.54) is 24.7 Å². The maximum Gasteiger partial charge on any atom is 0.417 e. The number of nitrogens with zero attached hydrogens (tertiary/aromatic N) is 2. The van der Waals surface area contributed by atoms with Crippen LogP contribution in [0.25, 0.3) is 16.8 Å². The number of methoxy groups -OCH3 is 1. The third-order valence-corrected chi connectivity index (χ3v) is 5.41. The SMILES string of the molecule is COc1ccccc1CCNC(=O)c1cncn1-c1cccc(-c2ccccc2C(F)(F)F)c1. The fraction of sp³-hybridized carbons (Fsp3) is 0.154. The largest absolute Gasteiger partial charge is 0.496 e. The van der Waals surface area contributed by atoms with E-state index in [1.807, 2.05) is 24.3 Å². The van der Waals surface area contributed by atoms with Gasteiger partial charge in [-0.15, -0.1) is 0 Å². The first kappa shape index (κ1) is 23.1. The minimum absolute atomic E-state index is 0.0692. The van der Waals surface area contributed by atoms with Gasteiger partial charge in [0.1, 0.15) is 11.4 Å². The average molecular weight is 465 g/mol. The summed E-state index contributed by atoms with van der Waals surface area (Å²) < 4.78 is 47.4. The van der Waals surface area contributed by atoms with E-state index in [4.69, 9.17) is 4.74 Å². The molecule has 34 heavy (non-hydrogen) atoms. The van der Waals surface area contributed by atoms with Crippen LogP contribution < -0.4 is 10.1 Å². The summed E-state index contributed by atoms with van der Waals surface area (Å²) >= 11 is 0. The molecule has 3 aromatic carbocycles. The zero-order chi connectivity index (χ0) is 24.1. The number of rotatable bonds is 7. The molecule has 174 valence electrons. The quantitative estimate of drug-likeness (QED) is 0.390. The van der Waals surface area contributed by atoms with E-state index in [0.717, 1.165) is 17.4 Å². The number of hydrogen-bond donors (Lipinski definition) is 1. The number of halogens is 3. The zero-order valence-corrected chi connectivity index (χ0v) is 18.3. The normalized spacial score (nSPS) is 11.3. The van der Waals surface area contributed by atoms with Gasteiger partial charge in [-0.2, -0.15) is 13.2 Å². The number of imidazole rings is 1. The molecule has 1 N–H and O–H groups in total. The second-order valence-corrected chi connectivity index (χ2v) is 7.56. The highest BCUT2D eigenvalue weighted by Gasteiger charge is 2.33. The second-order valence-electron chi connectivity index (χ2n) is 7.56. The Morgan fingerprint density at radius 2 is 1.79 bits per heavy atom. The fourth-order valence-electron chi connectivity index (χ4n) is 3.78. The van der Waals surface area contributed by atoms with E-state index in [-0.39, 0.29) is 17.2 Å². The third-order valence-electron chi connectivity index (χ3n) is 5.41. The first-order valence-corrected chi connectivity index (χ1v) is 10.6. The van der Waals surface area contributed by atoms with Crippen molar-refractivity contribution in [3.8, 4) is 22.6 Å². The molecule has 5 nitrogen and oxygen atoms in total. The lowest BCUT2D eigenvalue weighted by molar-refractivity contribution is -0.137. The second kappa shape index (κ2) is 9.82. The number of para-hydroxylation sites is 1. The van der Waals surface area contributed by atoms with Crippen LogP contribution in [0.5, 0.6) is 5.75 Å². The molecule has 0 fully saturated rings. The van der Waals surface area contributed by atoms with Crippen molar-refractivity contribution in [3.63, 3.8) is 0 Å². The summed E-state index contributed by atoms with van der Waals surface area (Å²) in [6.07, 6.45) is -1.01. The predicted molar refractivity (Wildman–Crippen MR) is 123 cm³/mol. The number of nitrogens with one attached hydrogen (secondary N) is 1. The molecule has 1 amide bonds. The van der Waals surface area contributed by atoms with Crippen molar-refractivity contribution in [1.82, 2.24) is 14.9 Å². The lowest BCUT2D eigenvalue weighted by Crippen LogP contribution is -2.27. The molecular weight excluding hydrogens is 443 g/mol. The Kier molecular flexibility index (Phi) is 6.67. The van der Waals surface area contributed by atoms with Gasteiger partial charge in [-0.05, 0) is 47.4 Å². The van der Waals surface area contributed by atoms with Gasteiger partial charge >= 0.3 is 6.18 Å². The van der Waals surface area contributed by atoms with Crippen molar-refractivity contribution in [3.05, 3.63) is 102 Å². The molecule has 0 atom stereocenters.